The van der Waals surface area contributed by atoms with E-state index in [2.05, 4.69) is 0 Å². The first-order chi connectivity index (χ1) is 6.09. The molecule has 1 heterocycles. The predicted molar refractivity (Wildman–Crippen MR) is 45.6 cm³/mol. The molecule has 0 radical (unpaired) electrons. The molecule has 1 aliphatic rings. The molecule has 13 heavy (non-hydrogen) atoms. The number of hydrogen-bond donors (Lipinski definition) is 0. The van der Waals surface area contributed by atoms with Gasteiger partial charge in [0.2, 0.25) is 0 Å². The van der Waals surface area contributed by atoms with Crippen molar-refractivity contribution in [2.45, 2.75) is 17.2 Å². The molecular formula is C9H7F3S. The van der Waals surface area contributed by atoms with E-state index in [0.29, 0.717) is 10.6 Å². The third-order valence-corrected chi connectivity index (χ3v) is 3.08. The molecule has 0 N–H and O–H groups in total. The molecule has 0 amide bonds. The lowest BCUT2D eigenvalue weighted by atomic mass is 10.1. The Labute approximate surface area is 78.1 Å². The molecule has 70 valence electrons. The van der Waals surface area contributed by atoms with Crippen LogP contribution in [0.2, 0.25) is 0 Å². The fourth-order valence-electron chi connectivity index (χ4n) is 1.34. The molecule has 0 saturated carbocycles. The molecule has 0 unspecified atom stereocenters. The van der Waals surface area contributed by atoms with Crippen molar-refractivity contribution in [3.63, 3.8) is 0 Å². The summed E-state index contributed by atoms with van der Waals surface area (Å²) >= 11 is 1.35. The number of rotatable bonds is 0. The number of hydrogen-bond acceptors (Lipinski definition) is 1. The molecule has 2 rings (SSSR count). The van der Waals surface area contributed by atoms with Crippen molar-refractivity contribution in [2.75, 3.05) is 5.75 Å². The first kappa shape index (κ1) is 8.94. The first-order valence-electron chi connectivity index (χ1n) is 3.90. The lowest BCUT2D eigenvalue weighted by Crippen LogP contribution is -2.19. The van der Waals surface area contributed by atoms with Crippen LogP contribution in [0, 0.1) is 5.82 Å². The molecule has 1 aromatic rings. The predicted octanol–water partition coefficient (Wildman–Crippen LogP) is 3.41. The molecule has 0 nitrogen and oxygen atoms in total. The average molecular weight is 204 g/mol. The summed E-state index contributed by atoms with van der Waals surface area (Å²) in [6.07, 6.45) is -0.200. The van der Waals surface area contributed by atoms with Gasteiger partial charge in [0.05, 0.1) is 0 Å². The lowest BCUT2D eigenvalue weighted by molar-refractivity contribution is -0.0118. The van der Waals surface area contributed by atoms with Gasteiger partial charge in [0, 0.05) is 22.6 Å². The van der Waals surface area contributed by atoms with Gasteiger partial charge in [-0.3, -0.25) is 0 Å². The number of fused-ring (bicyclic) bond motifs is 1. The quantitative estimate of drug-likeness (QED) is 0.624. The van der Waals surface area contributed by atoms with Gasteiger partial charge in [-0.15, -0.1) is 11.8 Å². The second-order valence-corrected chi connectivity index (χ2v) is 4.08. The van der Waals surface area contributed by atoms with Gasteiger partial charge in [-0.05, 0) is 18.2 Å². The molecule has 4 heteroatoms. The number of halogens is 3. The maximum Gasteiger partial charge on any atom is 0.275 e. The van der Waals surface area contributed by atoms with E-state index in [-0.39, 0.29) is 12.0 Å². The van der Waals surface area contributed by atoms with E-state index < -0.39 is 11.7 Å². The molecule has 1 aromatic carbocycles. The molecular weight excluding hydrogens is 197 g/mol. The zero-order chi connectivity index (χ0) is 9.47. The summed E-state index contributed by atoms with van der Waals surface area (Å²) < 4.78 is 39.1. The van der Waals surface area contributed by atoms with Crippen molar-refractivity contribution in [3.05, 3.63) is 29.6 Å². The van der Waals surface area contributed by atoms with Crippen molar-refractivity contribution in [1.82, 2.24) is 0 Å². The van der Waals surface area contributed by atoms with E-state index in [0.717, 1.165) is 6.07 Å². The Bertz CT molecular complexity index is 336. The van der Waals surface area contributed by atoms with Crippen molar-refractivity contribution < 1.29 is 13.2 Å². The molecule has 0 bridgehead atoms. The van der Waals surface area contributed by atoms with E-state index in [1.54, 1.807) is 0 Å². The zero-order valence-electron chi connectivity index (χ0n) is 6.69. The van der Waals surface area contributed by atoms with E-state index in [4.69, 9.17) is 0 Å². The van der Waals surface area contributed by atoms with Crippen LogP contribution in [-0.2, 0) is 5.92 Å². The summed E-state index contributed by atoms with van der Waals surface area (Å²) in [6, 6.07) is 3.57. The number of alkyl halides is 2. The molecule has 0 atom stereocenters. The highest BCUT2D eigenvalue weighted by Gasteiger charge is 2.37. The van der Waals surface area contributed by atoms with Crippen LogP contribution >= 0.6 is 11.8 Å². The average Bonchev–Trinajstić information content (AvgIpc) is 2.06. The number of thioether (sulfide) groups is 1. The fraction of sp³-hybridized carbons (Fsp3) is 0.333. The summed E-state index contributed by atoms with van der Waals surface area (Å²) in [5, 5.41) is 0. The summed E-state index contributed by atoms with van der Waals surface area (Å²) in [5.74, 6) is -3.06. The highest BCUT2D eigenvalue weighted by atomic mass is 32.2. The van der Waals surface area contributed by atoms with Crippen LogP contribution in [0.5, 0.6) is 0 Å². The van der Waals surface area contributed by atoms with Gasteiger partial charge in [-0.25, -0.2) is 13.2 Å². The molecule has 1 aliphatic heterocycles. The Hall–Kier alpha value is -0.640. The second kappa shape index (κ2) is 2.94. The van der Waals surface area contributed by atoms with E-state index in [1.807, 2.05) is 0 Å². The summed E-state index contributed by atoms with van der Waals surface area (Å²) in [5.41, 5.74) is -0.163. The molecule has 0 spiro atoms. The minimum Gasteiger partial charge on any atom is -0.207 e. The second-order valence-electron chi connectivity index (χ2n) is 2.94. The van der Waals surface area contributed by atoms with Gasteiger partial charge in [-0.2, -0.15) is 0 Å². The Morgan fingerprint density at radius 2 is 2.08 bits per heavy atom. The van der Waals surface area contributed by atoms with Gasteiger partial charge in [0.25, 0.3) is 5.92 Å². The Morgan fingerprint density at radius 1 is 1.31 bits per heavy atom. The summed E-state index contributed by atoms with van der Waals surface area (Å²) in [6.45, 7) is 0. The van der Waals surface area contributed by atoms with E-state index in [1.165, 1.54) is 23.9 Å². The van der Waals surface area contributed by atoms with Gasteiger partial charge in [-0.1, -0.05) is 0 Å². The summed E-state index contributed by atoms with van der Waals surface area (Å²) in [4.78, 5) is 0.498. The van der Waals surface area contributed by atoms with Crippen LogP contribution < -0.4 is 0 Å². The Balaban J connectivity index is 2.55. The van der Waals surface area contributed by atoms with Crippen molar-refractivity contribution in [3.8, 4) is 0 Å². The molecule has 0 fully saturated rings. The van der Waals surface area contributed by atoms with Crippen molar-refractivity contribution in [2.24, 2.45) is 0 Å². The highest BCUT2D eigenvalue weighted by Crippen LogP contribution is 2.43. The van der Waals surface area contributed by atoms with Crippen LogP contribution in [0.3, 0.4) is 0 Å². The fourth-order valence-corrected chi connectivity index (χ4v) is 2.44. The van der Waals surface area contributed by atoms with Gasteiger partial charge in [0.1, 0.15) is 5.82 Å². The third kappa shape index (κ3) is 1.55. The van der Waals surface area contributed by atoms with Crippen LogP contribution in [-0.4, -0.2) is 5.75 Å². The molecule has 0 saturated heterocycles. The largest absolute Gasteiger partial charge is 0.275 e. The van der Waals surface area contributed by atoms with Gasteiger partial charge in [0.15, 0.2) is 0 Å². The molecule has 0 aliphatic carbocycles. The van der Waals surface area contributed by atoms with Crippen LogP contribution in [0.4, 0.5) is 13.2 Å². The monoisotopic (exact) mass is 204 g/mol. The first-order valence-corrected chi connectivity index (χ1v) is 4.89. The van der Waals surface area contributed by atoms with Crippen LogP contribution in [0.1, 0.15) is 12.0 Å². The van der Waals surface area contributed by atoms with Gasteiger partial charge < -0.3 is 0 Å². The highest BCUT2D eigenvalue weighted by molar-refractivity contribution is 7.99. The minimum absolute atomic E-state index is 0.163. The maximum absolute atomic E-state index is 13.2. The smallest absolute Gasteiger partial charge is 0.207 e. The Kier molecular flexibility index (Phi) is 2.02. The van der Waals surface area contributed by atoms with Gasteiger partial charge >= 0.3 is 0 Å². The summed E-state index contributed by atoms with van der Waals surface area (Å²) in [7, 11) is 0. The zero-order valence-corrected chi connectivity index (χ0v) is 7.50. The minimum atomic E-state index is -2.86. The standard InChI is InChI=1S/C9H7F3S/c10-6-1-2-8-7(5-6)9(11,12)3-4-13-8/h1-2,5H,3-4H2. The van der Waals surface area contributed by atoms with Crippen LogP contribution in [0.15, 0.2) is 23.1 Å². The van der Waals surface area contributed by atoms with Crippen molar-refractivity contribution >= 4 is 11.8 Å². The normalized spacial score (nSPS) is 19.6. The number of benzene rings is 1. The van der Waals surface area contributed by atoms with Crippen LogP contribution in [0.25, 0.3) is 0 Å². The topological polar surface area (TPSA) is 0 Å². The van der Waals surface area contributed by atoms with E-state index >= 15 is 0 Å². The Morgan fingerprint density at radius 3 is 2.85 bits per heavy atom. The third-order valence-electron chi connectivity index (χ3n) is 2.01. The van der Waals surface area contributed by atoms with Crippen molar-refractivity contribution in [1.29, 1.82) is 0 Å². The SMILES string of the molecule is Fc1ccc2c(c1)C(F)(F)CCS2. The lowest BCUT2D eigenvalue weighted by Gasteiger charge is -2.24. The molecule has 0 aromatic heterocycles. The van der Waals surface area contributed by atoms with E-state index in [9.17, 15) is 13.2 Å². The maximum atomic E-state index is 13.2.